The average molecular weight is 339 g/mol. The van der Waals surface area contributed by atoms with Crippen LogP contribution in [0.15, 0.2) is 0 Å². The van der Waals surface area contributed by atoms with Crippen LogP contribution in [0.4, 0.5) is 0 Å². The fraction of sp³-hybridized carbons (Fsp3) is 1.00. The Morgan fingerprint density at radius 1 is 0.708 bits per heavy atom. The van der Waals surface area contributed by atoms with Gasteiger partial charge in [-0.3, -0.25) is 0 Å². The van der Waals surface area contributed by atoms with Crippen LogP contribution in [0.3, 0.4) is 0 Å². The Labute approximate surface area is 150 Å². The van der Waals surface area contributed by atoms with Crippen LogP contribution >= 0.6 is 0 Å². The molecule has 2 nitrogen and oxygen atoms in total. The zero-order valence-corrected chi connectivity index (χ0v) is 16.2. The van der Waals surface area contributed by atoms with E-state index in [1.165, 1.54) is 89.9 Å². The molecule has 142 valence electrons. The van der Waals surface area contributed by atoms with Crippen molar-refractivity contribution >= 4 is 0 Å². The molecule has 1 N–H and O–H groups in total. The molecule has 2 aliphatic rings. The van der Waals surface area contributed by atoms with Gasteiger partial charge < -0.3 is 9.84 Å². The van der Waals surface area contributed by atoms with Crippen LogP contribution in [-0.2, 0) is 4.74 Å². The predicted octanol–water partition coefficient (Wildman–Crippen LogP) is 6.25. The molecule has 2 rings (SSSR count). The summed E-state index contributed by atoms with van der Waals surface area (Å²) in [5.74, 6) is 1.62. The third-order valence-electron chi connectivity index (χ3n) is 6.39. The summed E-state index contributed by atoms with van der Waals surface area (Å²) in [6.45, 7) is 3.26. The number of rotatable bonds is 12. The molecule has 2 aliphatic carbocycles. The Bertz CT molecular complexity index is 304. The Morgan fingerprint density at radius 2 is 1.29 bits per heavy atom. The molecule has 4 unspecified atom stereocenters. The lowest BCUT2D eigenvalue weighted by Crippen LogP contribution is -2.35. The highest BCUT2D eigenvalue weighted by molar-refractivity contribution is 4.86. The molecule has 2 fully saturated rings. The highest BCUT2D eigenvalue weighted by Gasteiger charge is 2.35. The van der Waals surface area contributed by atoms with Gasteiger partial charge in [0, 0.05) is 6.61 Å². The van der Waals surface area contributed by atoms with Gasteiger partial charge in [0.25, 0.3) is 0 Å². The van der Waals surface area contributed by atoms with E-state index in [9.17, 15) is 5.11 Å². The van der Waals surface area contributed by atoms with Crippen molar-refractivity contribution in [2.24, 2.45) is 11.8 Å². The van der Waals surface area contributed by atoms with Crippen molar-refractivity contribution < 1.29 is 9.84 Å². The van der Waals surface area contributed by atoms with E-state index >= 15 is 0 Å². The van der Waals surface area contributed by atoms with Crippen molar-refractivity contribution in [3.05, 3.63) is 0 Å². The third-order valence-corrected chi connectivity index (χ3v) is 6.39. The number of aliphatic hydroxyl groups excluding tert-OH is 1. The summed E-state index contributed by atoms with van der Waals surface area (Å²) in [6, 6.07) is 0. The molecule has 0 bridgehead atoms. The molecule has 0 spiro atoms. The van der Waals surface area contributed by atoms with Gasteiger partial charge in [-0.2, -0.15) is 0 Å². The van der Waals surface area contributed by atoms with E-state index in [2.05, 4.69) is 6.92 Å². The first-order valence-corrected chi connectivity index (χ1v) is 11.1. The van der Waals surface area contributed by atoms with Gasteiger partial charge in [0.1, 0.15) is 0 Å². The summed E-state index contributed by atoms with van der Waals surface area (Å²) >= 11 is 0. The average Bonchev–Trinajstić information content (AvgIpc) is 2.59. The van der Waals surface area contributed by atoms with E-state index in [4.69, 9.17) is 4.74 Å². The summed E-state index contributed by atoms with van der Waals surface area (Å²) in [5, 5.41) is 9.80. The Balaban J connectivity index is 1.39. The van der Waals surface area contributed by atoms with Crippen LogP contribution in [-0.4, -0.2) is 23.9 Å². The van der Waals surface area contributed by atoms with Gasteiger partial charge in [0.15, 0.2) is 0 Å². The second-order valence-corrected chi connectivity index (χ2v) is 8.47. The van der Waals surface area contributed by atoms with Crippen molar-refractivity contribution in [1.29, 1.82) is 0 Å². The maximum absolute atomic E-state index is 9.80. The van der Waals surface area contributed by atoms with Crippen LogP contribution in [0, 0.1) is 11.8 Å². The van der Waals surface area contributed by atoms with E-state index < -0.39 is 0 Å². The van der Waals surface area contributed by atoms with Gasteiger partial charge in [0.2, 0.25) is 0 Å². The molecule has 2 saturated carbocycles. The van der Waals surface area contributed by atoms with Gasteiger partial charge >= 0.3 is 0 Å². The quantitative estimate of drug-likeness (QED) is 0.426. The first-order chi connectivity index (χ1) is 11.8. The van der Waals surface area contributed by atoms with Crippen molar-refractivity contribution in [3.8, 4) is 0 Å². The largest absolute Gasteiger partial charge is 0.393 e. The molecule has 0 radical (unpaired) electrons. The number of ether oxygens (including phenoxy) is 1. The van der Waals surface area contributed by atoms with E-state index in [-0.39, 0.29) is 6.10 Å². The summed E-state index contributed by atoms with van der Waals surface area (Å²) in [5.41, 5.74) is 0. The molecular formula is C22H42O2. The predicted molar refractivity (Wildman–Crippen MR) is 102 cm³/mol. The summed E-state index contributed by atoms with van der Waals surface area (Å²) < 4.78 is 6.17. The highest BCUT2D eigenvalue weighted by atomic mass is 16.5. The molecule has 24 heavy (non-hydrogen) atoms. The minimum Gasteiger partial charge on any atom is -0.393 e. The minimum atomic E-state index is -0.0182. The first-order valence-electron chi connectivity index (χ1n) is 11.1. The zero-order valence-electron chi connectivity index (χ0n) is 16.2. The normalized spacial score (nSPS) is 30.2. The monoisotopic (exact) mass is 338 g/mol. The van der Waals surface area contributed by atoms with E-state index in [1.807, 2.05) is 0 Å². The molecule has 0 amide bonds. The number of aliphatic hydroxyl groups is 1. The van der Waals surface area contributed by atoms with E-state index in [0.717, 1.165) is 31.3 Å². The van der Waals surface area contributed by atoms with Crippen molar-refractivity contribution in [2.45, 2.75) is 122 Å². The molecule has 0 aliphatic heterocycles. The van der Waals surface area contributed by atoms with Gasteiger partial charge in [0.05, 0.1) is 12.2 Å². The van der Waals surface area contributed by atoms with Crippen molar-refractivity contribution in [3.63, 3.8) is 0 Å². The van der Waals surface area contributed by atoms with Gasteiger partial charge in [-0.25, -0.2) is 0 Å². The molecule has 0 heterocycles. The van der Waals surface area contributed by atoms with Crippen LogP contribution in [0.5, 0.6) is 0 Å². The maximum atomic E-state index is 9.80. The molecule has 2 heteroatoms. The smallest absolute Gasteiger partial charge is 0.0578 e. The standard InChI is InChI=1S/C22H42O2/c1-2-3-4-5-6-7-8-9-10-11-16-24-22-15-13-19-17-21(23)14-12-20(19)18-22/h19-23H,2-18H2,1H3. The Morgan fingerprint density at radius 3 is 2.00 bits per heavy atom. The summed E-state index contributed by atoms with van der Waals surface area (Å²) in [4.78, 5) is 0. The molecule has 0 aromatic rings. The van der Waals surface area contributed by atoms with Crippen LogP contribution in [0.2, 0.25) is 0 Å². The van der Waals surface area contributed by atoms with E-state index in [1.54, 1.807) is 0 Å². The fourth-order valence-electron chi connectivity index (χ4n) is 4.81. The zero-order chi connectivity index (χ0) is 17.0. The summed E-state index contributed by atoms with van der Waals surface area (Å²) in [7, 11) is 0. The first kappa shape index (κ1) is 20.2. The molecule has 4 atom stereocenters. The second-order valence-electron chi connectivity index (χ2n) is 8.47. The Kier molecular flexibility index (Phi) is 10.4. The highest BCUT2D eigenvalue weighted by Crippen LogP contribution is 2.41. The molecule has 0 saturated heterocycles. The van der Waals surface area contributed by atoms with Gasteiger partial charge in [-0.1, -0.05) is 64.7 Å². The van der Waals surface area contributed by atoms with Crippen LogP contribution in [0.1, 0.15) is 110 Å². The lowest BCUT2D eigenvalue weighted by molar-refractivity contribution is -0.0328. The second kappa shape index (κ2) is 12.3. The lowest BCUT2D eigenvalue weighted by Gasteiger charge is -2.40. The van der Waals surface area contributed by atoms with E-state index in [0.29, 0.717) is 6.10 Å². The van der Waals surface area contributed by atoms with Crippen molar-refractivity contribution in [2.75, 3.05) is 6.61 Å². The van der Waals surface area contributed by atoms with Gasteiger partial charge in [-0.05, 0) is 56.8 Å². The molecule has 0 aromatic heterocycles. The van der Waals surface area contributed by atoms with Crippen LogP contribution < -0.4 is 0 Å². The maximum Gasteiger partial charge on any atom is 0.0578 e. The van der Waals surface area contributed by atoms with Gasteiger partial charge in [-0.15, -0.1) is 0 Å². The van der Waals surface area contributed by atoms with Crippen LogP contribution in [0.25, 0.3) is 0 Å². The minimum absolute atomic E-state index is 0.0182. The number of fused-ring (bicyclic) bond motifs is 1. The van der Waals surface area contributed by atoms with Crippen molar-refractivity contribution in [1.82, 2.24) is 0 Å². The number of unbranched alkanes of at least 4 members (excludes halogenated alkanes) is 9. The molecule has 0 aromatic carbocycles. The number of hydrogen-bond donors (Lipinski definition) is 1. The topological polar surface area (TPSA) is 29.5 Å². The fourth-order valence-corrected chi connectivity index (χ4v) is 4.81. The number of hydrogen-bond acceptors (Lipinski definition) is 2. The summed E-state index contributed by atoms with van der Waals surface area (Å²) in [6.07, 6.45) is 21.5. The SMILES string of the molecule is CCCCCCCCCCCCOC1CCC2CC(O)CCC2C1. The lowest BCUT2D eigenvalue weighted by atomic mass is 9.69. The molecular weight excluding hydrogens is 296 g/mol. The Hall–Kier alpha value is -0.0800. The third kappa shape index (κ3) is 7.87.